The minimum absolute atomic E-state index is 0.482. The van der Waals surface area contributed by atoms with Crippen molar-refractivity contribution in [1.82, 2.24) is 15.0 Å². The summed E-state index contributed by atoms with van der Waals surface area (Å²) in [6.45, 7) is 6.66. The zero-order chi connectivity index (χ0) is 13.0. The first-order valence-corrected chi connectivity index (χ1v) is 5.81. The Morgan fingerprint density at radius 1 is 1.33 bits per heavy atom. The molecule has 1 N–H and O–H groups in total. The molecular formula is C12H16N4O2. The molecule has 0 aromatic carbocycles. The van der Waals surface area contributed by atoms with Crippen LogP contribution in [0, 0.1) is 13.8 Å². The molecule has 0 bridgehead atoms. The molecule has 0 atom stereocenters. The monoisotopic (exact) mass is 248 g/mol. The molecule has 2 aromatic rings. The van der Waals surface area contributed by atoms with E-state index in [2.05, 4.69) is 20.3 Å². The fraction of sp³-hybridized carbons (Fsp3) is 0.417. The van der Waals surface area contributed by atoms with E-state index in [0.717, 1.165) is 5.76 Å². The Hall–Kier alpha value is -2.11. The number of aromatic nitrogens is 3. The van der Waals surface area contributed by atoms with Crippen molar-refractivity contribution in [3.8, 4) is 5.88 Å². The van der Waals surface area contributed by atoms with Crippen LogP contribution in [0.2, 0.25) is 0 Å². The van der Waals surface area contributed by atoms with Gasteiger partial charge in [-0.05, 0) is 20.8 Å². The molecule has 0 saturated heterocycles. The number of hydrogen-bond donors (Lipinski definition) is 1. The average Bonchev–Trinajstić information content (AvgIpc) is 2.72. The zero-order valence-electron chi connectivity index (χ0n) is 10.7. The number of rotatable bonds is 5. The normalized spacial score (nSPS) is 10.4. The SMILES string of the molecule is CCOc1cc(NCc2ncc(C)o2)nc(C)n1. The lowest BCUT2D eigenvalue weighted by molar-refractivity contribution is 0.325. The Labute approximate surface area is 105 Å². The first-order chi connectivity index (χ1) is 8.67. The lowest BCUT2D eigenvalue weighted by Gasteiger charge is -2.07. The van der Waals surface area contributed by atoms with Gasteiger partial charge in [0.25, 0.3) is 0 Å². The van der Waals surface area contributed by atoms with Gasteiger partial charge >= 0.3 is 0 Å². The first-order valence-electron chi connectivity index (χ1n) is 5.81. The van der Waals surface area contributed by atoms with Gasteiger partial charge in [-0.3, -0.25) is 0 Å². The Kier molecular flexibility index (Phi) is 3.76. The molecule has 96 valence electrons. The van der Waals surface area contributed by atoms with Crippen LogP contribution in [0.5, 0.6) is 5.88 Å². The second-order valence-corrected chi connectivity index (χ2v) is 3.79. The molecule has 2 aromatic heterocycles. The summed E-state index contributed by atoms with van der Waals surface area (Å²) in [7, 11) is 0. The number of nitrogens with zero attached hydrogens (tertiary/aromatic N) is 3. The average molecular weight is 248 g/mol. The van der Waals surface area contributed by atoms with Crippen LogP contribution in [0.1, 0.15) is 24.4 Å². The summed E-state index contributed by atoms with van der Waals surface area (Å²) in [6, 6.07) is 1.76. The highest BCUT2D eigenvalue weighted by Crippen LogP contribution is 2.14. The minimum Gasteiger partial charge on any atom is -0.478 e. The van der Waals surface area contributed by atoms with Crippen molar-refractivity contribution in [2.45, 2.75) is 27.3 Å². The molecule has 0 aliphatic rings. The first kappa shape index (κ1) is 12.3. The number of ether oxygens (including phenoxy) is 1. The summed E-state index contributed by atoms with van der Waals surface area (Å²) in [4.78, 5) is 12.5. The summed E-state index contributed by atoms with van der Waals surface area (Å²) in [6.07, 6.45) is 1.69. The highest BCUT2D eigenvalue weighted by molar-refractivity contribution is 5.38. The van der Waals surface area contributed by atoms with E-state index < -0.39 is 0 Å². The second-order valence-electron chi connectivity index (χ2n) is 3.79. The molecule has 0 fully saturated rings. The second kappa shape index (κ2) is 5.48. The lowest BCUT2D eigenvalue weighted by Crippen LogP contribution is -2.05. The molecule has 6 nitrogen and oxygen atoms in total. The van der Waals surface area contributed by atoms with Crippen LogP contribution in [0.15, 0.2) is 16.7 Å². The quantitative estimate of drug-likeness (QED) is 0.873. The van der Waals surface area contributed by atoms with E-state index in [-0.39, 0.29) is 0 Å². The topological polar surface area (TPSA) is 73.1 Å². The summed E-state index contributed by atoms with van der Waals surface area (Å²) in [5, 5.41) is 3.13. The number of nitrogens with one attached hydrogen (secondary N) is 1. The van der Waals surface area contributed by atoms with Crippen LogP contribution < -0.4 is 10.1 Å². The number of aryl methyl sites for hydroxylation is 2. The zero-order valence-corrected chi connectivity index (χ0v) is 10.7. The molecule has 2 rings (SSSR count). The Morgan fingerprint density at radius 3 is 2.83 bits per heavy atom. The number of anilines is 1. The van der Waals surface area contributed by atoms with E-state index in [9.17, 15) is 0 Å². The van der Waals surface area contributed by atoms with Crippen molar-refractivity contribution in [3.63, 3.8) is 0 Å². The van der Waals surface area contributed by atoms with Crippen LogP contribution in [0.3, 0.4) is 0 Å². The fourth-order valence-electron chi connectivity index (χ4n) is 1.50. The Balaban J connectivity index is 2.04. The maximum Gasteiger partial charge on any atom is 0.218 e. The van der Waals surface area contributed by atoms with Crippen LogP contribution >= 0.6 is 0 Å². The Morgan fingerprint density at radius 2 is 2.17 bits per heavy atom. The molecule has 0 spiro atoms. The third-order valence-electron chi connectivity index (χ3n) is 2.20. The maximum absolute atomic E-state index is 5.36. The summed E-state index contributed by atoms with van der Waals surface area (Å²) < 4.78 is 10.7. The number of hydrogen-bond acceptors (Lipinski definition) is 6. The molecule has 18 heavy (non-hydrogen) atoms. The predicted molar refractivity (Wildman–Crippen MR) is 66.5 cm³/mol. The van der Waals surface area contributed by atoms with Crippen LogP contribution in [-0.4, -0.2) is 21.6 Å². The molecular weight excluding hydrogens is 232 g/mol. The maximum atomic E-state index is 5.36. The molecule has 0 aliphatic carbocycles. The van der Waals surface area contributed by atoms with Gasteiger partial charge < -0.3 is 14.5 Å². The molecule has 6 heteroatoms. The van der Waals surface area contributed by atoms with E-state index >= 15 is 0 Å². The fourth-order valence-corrected chi connectivity index (χ4v) is 1.50. The molecule has 0 unspecified atom stereocenters. The largest absolute Gasteiger partial charge is 0.478 e. The summed E-state index contributed by atoms with van der Waals surface area (Å²) in [5.41, 5.74) is 0. The standard InChI is InChI=1S/C12H16N4O2/c1-4-17-11-5-10(15-9(3)16-11)13-7-12-14-6-8(2)18-12/h5-6H,4,7H2,1-3H3,(H,13,15,16). The molecule has 0 amide bonds. The molecule has 2 heterocycles. The van der Waals surface area contributed by atoms with E-state index in [4.69, 9.17) is 9.15 Å². The van der Waals surface area contributed by atoms with Crippen LogP contribution in [0.4, 0.5) is 5.82 Å². The van der Waals surface area contributed by atoms with E-state index in [1.165, 1.54) is 0 Å². The van der Waals surface area contributed by atoms with Gasteiger partial charge in [-0.2, -0.15) is 4.98 Å². The van der Waals surface area contributed by atoms with E-state index in [1.54, 1.807) is 12.3 Å². The molecule has 0 saturated carbocycles. The minimum atomic E-state index is 0.482. The van der Waals surface area contributed by atoms with Gasteiger partial charge in [0.15, 0.2) is 0 Å². The van der Waals surface area contributed by atoms with Gasteiger partial charge in [-0.15, -0.1) is 0 Å². The van der Waals surface area contributed by atoms with E-state index in [0.29, 0.717) is 36.6 Å². The predicted octanol–water partition coefficient (Wildman–Crippen LogP) is 2.09. The summed E-state index contributed by atoms with van der Waals surface area (Å²) >= 11 is 0. The van der Waals surface area contributed by atoms with Crippen LogP contribution in [-0.2, 0) is 6.54 Å². The van der Waals surface area contributed by atoms with Gasteiger partial charge in [-0.25, -0.2) is 9.97 Å². The highest BCUT2D eigenvalue weighted by atomic mass is 16.5. The number of oxazole rings is 1. The van der Waals surface area contributed by atoms with Gasteiger partial charge in [0.2, 0.25) is 11.8 Å². The van der Waals surface area contributed by atoms with Crippen molar-refractivity contribution in [1.29, 1.82) is 0 Å². The van der Waals surface area contributed by atoms with Crippen molar-refractivity contribution < 1.29 is 9.15 Å². The summed E-state index contributed by atoms with van der Waals surface area (Å²) in [5.74, 6) is 3.34. The molecule has 0 aliphatic heterocycles. The van der Waals surface area contributed by atoms with Crippen LogP contribution in [0.25, 0.3) is 0 Å². The van der Waals surface area contributed by atoms with Crippen molar-refractivity contribution in [2.24, 2.45) is 0 Å². The molecule has 0 radical (unpaired) electrons. The lowest BCUT2D eigenvalue weighted by atomic mass is 10.5. The highest BCUT2D eigenvalue weighted by Gasteiger charge is 2.04. The van der Waals surface area contributed by atoms with Gasteiger partial charge in [0, 0.05) is 6.07 Å². The van der Waals surface area contributed by atoms with Crippen molar-refractivity contribution >= 4 is 5.82 Å². The van der Waals surface area contributed by atoms with Gasteiger partial charge in [0.05, 0.1) is 19.3 Å². The Bertz CT molecular complexity index is 525. The van der Waals surface area contributed by atoms with Gasteiger partial charge in [-0.1, -0.05) is 0 Å². The third kappa shape index (κ3) is 3.19. The van der Waals surface area contributed by atoms with Crippen molar-refractivity contribution in [3.05, 3.63) is 29.7 Å². The smallest absolute Gasteiger partial charge is 0.218 e. The van der Waals surface area contributed by atoms with E-state index in [1.807, 2.05) is 20.8 Å². The van der Waals surface area contributed by atoms with Crippen molar-refractivity contribution in [2.75, 3.05) is 11.9 Å². The third-order valence-corrected chi connectivity index (χ3v) is 2.20. The van der Waals surface area contributed by atoms with Gasteiger partial charge in [0.1, 0.15) is 17.4 Å².